The summed E-state index contributed by atoms with van der Waals surface area (Å²) in [5.41, 5.74) is 0. The van der Waals surface area contributed by atoms with Crippen LogP contribution >= 0.6 is 0 Å². The van der Waals surface area contributed by atoms with Gasteiger partial charge in [-0.3, -0.25) is 0 Å². The minimum atomic E-state index is 0.677. The average Bonchev–Trinajstić information content (AvgIpc) is 2.64. The predicted octanol–water partition coefficient (Wildman–Crippen LogP) is 3.44. The maximum atomic E-state index is 8.26. The summed E-state index contributed by atoms with van der Waals surface area (Å²) in [6.45, 7) is 2.23. The van der Waals surface area contributed by atoms with Crippen LogP contribution in [0.15, 0.2) is 5.16 Å². The van der Waals surface area contributed by atoms with Crippen LogP contribution in [0.5, 0.6) is 0 Å². The van der Waals surface area contributed by atoms with E-state index in [1.54, 1.807) is 6.21 Å². The van der Waals surface area contributed by atoms with Crippen molar-refractivity contribution in [1.29, 1.82) is 0 Å². The molecule has 2 heteroatoms. The third kappa shape index (κ3) is 4.30. The number of hydrogen-bond acceptors (Lipinski definition) is 2. The Morgan fingerprint density at radius 1 is 1.46 bits per heavy atom. The van der Waals surface area contributed by atoms with E-state index in [4.69, 9.17) is 5.21 Å². The van der Waals surface area contributed by atoms with E-state index in [0.29, 0.717) is 5.92 Å². The second-order valence-electron chi connectivity index (χ2n) is 4.37. The molecule has 1 saturated carbocycles. The molecule has 0 aliphatic heterocycles. The zero-order valence-electron chi connectivity index (χ0n) is 8.58. The summed E-state index contributed by atoms with van der Waals surface area (Å²) in [7, 11) is 0. The first-order chi connectivity index (χ1) is 6.33. The van der Waals surface area contributed by atoms with Crippen LogP contribution in [0.25, 0.3) is 0 Å². The molecule has 0 saturated heterocycles. The van der Waals surface area contributed by atoms with Gasteiger partial charge in [-0.1, -0.05) is 45.4 Å². The molecule has 0 bridgehead atoms. The number of oxime groups is 1. The number of nitrogens with zero attached hydrogens (tertiary/aromatic N) is 1. The van der Waals surface area contributed by atoms with Crippen molar-refractivity contribution in [2.24, 2.45) is 17.0 Å². The highest BCUT2D eigenvalue weighted by atomic mass is 16.4. The second kappa shape index (κ2) is 6.01. The first-order valence-electron chi connectivity index (χ1n) is 5.49. The van der Waals surface area contributed by atoms with E-state index in [-0.39, 0.29) is 0 Å². The van der Waals surface area contributed by atoms with E-state index in [1.807, 2.05) is 0 Å². The smallest absolute Gasteiger partial charge is 0.0438 e. The Hall–Kier alpha value is -0.530. The molecule has 1 rings (SSSR count). The van der Waals surface area contributed by atoms with Crippen LogP contribution in [0, 0.1) is 11.8 Å². The molecule has 13 heavy (non-hydrogen) atoms. The maximum absolute atomic E-state index is 8.26. The maximum Gasteiger partial charge on any atom is 0.0438 e. The summed E-state index contributed by atoms with van der Waals surface area (Å²) in [5, 5.41) is 11.3. The molecule has 0 amide bonds. The van der Waals surface area contributed by atoms with Crippen molar-refractivity contribution in [3.63, 3.8) is 0 Å². The Morgan fingerprint density at radius 2 is 2.15 bits per heavy atom. The van der Waals surface area contributed by atoms with Gasteiger partial charge in [-0.15, -0.1) is 5.16 Å². The van der Waals surface area contributed by atoms with Gasteiger partial charge in [0, 0.05) is 6.21 Å². The van der Waals surface area contributed by atoms with Gasteiger partial charge >= 0.3 is 0 Å². The van der Waals surface area contributed by atoms with Crippen molar-refractivity contribution in [3.8, 4) is 0 Å². The quantitative estimate of drug-likeness (QED) is 0.395. The van der Waals surface area contributed by atoms with Crippen molar-refractivity contribution < 1.29 is 5.21 Å². The summed E-state index contributed by atoms with van der Waals surface area (Å²) in [6.07, 6.45) is 11.0. The minimum Gasteiger partial charge on any atom is -0.411 e. The van der Waals surface area contributed by atoms with Crippen LogP contribution in [-0.4, -0.2) is 11.4 Å². The Balaban J connectivity index is 2.03. The lowest BCUT2D eigenvalue weighted by Crippen LogP contribution is -2.00. The first kappa shape index (κ1) is 10.6. The van der Waals surface area contributed by atoms with E-state index in [9.17, 15) is 0 Å². The Bertz CT molecular complexity index is 150. The normalized spacial score (nSPS) is 21.3. The minimum absolute atomic E-state index is 0.677. The van der Waals surface area contributed by atoms with Crippen LogP contribution in [-0.2, 0) is 0 Å². The highest BCUT2D eigenvalue weighted by molar-refractivity contribution is 5.56. The standard InChI is InChI=1S/C11H21NO/c1-10(8-9-12-13)6-7-11-4-2-3-5-11/h9-11,13H,2-8H2,1H3. The van der Waals surface area contributed by atoms with Crippen molar-refractivity contribution in [2.75, 3.05) is 0 Å². The zero-order chi connectivity index (χ0) is 9.52. The molecule has 0 aromatic rings. The van der Waals surface area contributed by atoms with Crippen molar-refractivity contribution in [2.45, 2.75) is 51.9 Å². The van der Waals surface area contributed by atoms with Gasteiger partial charge in [0.1, 0.15) is 0 Å². The third-order valence-corrected chi connectivity index (χ3v) is 3.13. The van der Waals surface area contributed by atoms with Crippen LogP contribution in [0.2, 0.25) is 0 Å². The molecule has 1 atom stereocenters. The SMILES string of the molecule is CC(CC=NO)CCC1CCCC1. The molecule has 0 spiro atoms. The predicted molar refractivity (Wildman–Crippen MR) is 55.3 cm³/mol. The molecular formula is C11H21NO. The van der Waals surface area contributed by atoms with Gasteiger partial charge in [0.25, 0.3) is 0 Å². The van der Waals surface area contributed by atoms with E-state index >= 15 is 0 Å². The molecule has 2 nitrogen and oxygen atoms in total. The molecule has 1 fully saturated rings. The van der Waals surface area contributed by atoms with E-state index < -0.39 is 0 Å². The summed E-state index contributed by atoms with van der Waals surface area (Å²) < 4.78 is 0. The molecule has 0 heterocycles. The lowest BCUT2D eigenvalue weighted by Gasteiger charge is -2.12. The molecular weight excluding hydrogens is 162 g/mol. The topological polar surface area (TPSA) is 32.6 Å². The fourth-order valence-electron chi connectivity index (χ4n) is 2.16. The van der Waals surface area contributed by atoms with Gasteiger partial charge in [0.15, 0.2) is 0 Å². The first-order valence-corrected chi connectivity index (χ1v) is 5.49. The Morgan fingerprint density at radius 3 is 2.77 bits per heavy atom. The lowest BCUT2D eigenvalue weighted by atomic mass is 9.94. The largest absolute Gasteiger partial charge is 0.411 e. The fraction of sp³-hybridized carbons (Fsp3) is 0.909. The van der Waals surface area contributed by atoms with Gasteiger partial charge in [-0.2, -0.15) is 0 Å². The number of hydrogen-bond donors (Lipinski definition) is 1. The molecule has 0 radical (unpaired) electrons. The van der Waals surface area contributed by atoms with Crippen LogP contribution in [0.3, 0.4) is 0 Å². The average molecular weight is 183 g/mol. The highest BCUT2D eigenvalue weighted by Crippen LogP contribution is 2.30. The van der Waals surface area contributed by atoms with E-state index in [0.717, 1.165) is 12.3 Å². The second-order valence-corrected chi connectivity index (χ2v) is 4.37. The van der Waals surface area contributed by atoms with Crippen LogP contribution in [0.4, 0.5) is 0 Å². The molecule has 1 aliphatic rings. The van der Waals surface area contributed by atoms with Gasteiger partial charge < -0.3 is 5.21 Å². The third-order valence-electron chi connectivity index (χ3n) is 3.13. The van der Waals surface area contributed by atoms with Crippen LogP contribution in [0.1, 0.15) is 51.9 Å². The molecule has 0 aromatic heterocycles. The summed E-state index contributed by atoms with van der Waals surface area (Å²) in [6, 6.07) is 0. The van der Waals surface area contributed by atoms with Gasteiger partial charge in [0.2, 0.25) is 0 Å². The van der Waals surface area contributed by atoms with Crippen LogP contribution < -0.4 is 0 Å². The highest BCUT2D eigenvalue weighted by Gasteiger charge is 2.15. The summed E-state index contributed by atoms with van der Waals surface area (Å²) in [4.78, 5) is 0. The van der Waals surface area contributed by atoms with Gasteiger partial charge in [0.05, 0.1) is 0 Å². The van der Waals surface area contributed by atoms with Gasteiger partial charge in [-0.25, -0.2) is 0 Å². The molecule has 0 aromatic carbocycles. The van der Waals surface area contributed by atoms with Crippen molar-refractivity contribution in [3.05, 3.63) is 0 Å². The Kier molecular flexibility index (Phi) is 4.87. The number of rotatable bonds is 5. The molecule has 1 unspecified atom stereocenters. The molecule has 1 aliphatic carbocycles. The van der Waals surface area contributed by atoms with E-state index in [2.05, 4.69) is 12.1 Å². The van der Waals surface area contributed by atoms with Crippen molar-refractivity contribution >= 4 is 6.21 Å². The monoisotopic (exact) mass is 183 g/mol. The van der Waals surface area contributed by atoms with E-state index in [1.165, 1.54) is 38.5 Å². The fourth-order valence-corrected chi connectivity index (χ4v) is 2.16. The van der Waals surface area contributed by atoms with Gasteiger partial charge in [-0.05, 0) is 18.3 Å². The summed E-state index contributed by atoms with van der Waals surface area (Å²) >= 11 is 0. The zero-order valence-corrected chi connectivity index (χ0v) is 8.58. The lowest BCUT2D eigenvalue weighted by molar-refractivity contribution is 0.318. The molecule has 1 N–H and O–H groups in total. The molecule has 76 valence electrons. The summed E-state index contributed by atoms with van der Waals surface area (Å²) in [5.74, 6) is 1.67. The van der Waals surface area contributed by atoms with Crippen molar-refractivity contribution in [1.82, 2.24) is 0 Å². The Labute approximate surface area is 81.0 Å².